The Kier molecular flexibility index (Phi) is 8.89. The second kappa shape index (κ2) is 12.1. The third-order valence-corrected chi connectivity index (χ3v) is 5.96. The van der Waals surface area contributed by atoms with Gasteiger partial charge in [-0.05, 0) is 71.9 Å². The van der Waals surface area contributed by atoms with Gasteiger partial charge >= 0.3 is 5.97 Å². The number of thioether (sulfide) groups is 1. The van der Waals surface area contributed by atoms with E-state index in [0.717, 1.165) is 33.7 Å². The molecule has 0 fully saturated rings. The molecule has 0 spiro atoms. The summed E-state index contributed by atoms with van der Waals surface area (Å²) in [7, 11) is 1.34. The fraction of sp³-hybridized carbons (Fsp3) is 0.269. The minimum Gasteiger partial charge on any atom is -0.467 e. The minimum absolute atomic E-state index is 0.302. The molecule has 2 aromatic carbocycles. The first kappa shape index (κ1) is 24.3. The summed E-state index contributed by atoms with van der Waals surface area (Å²) in [5.41, 5.74) is 5.28. The number of nitrogens with zero attached hydrogens (tertiary/aromatic N) is 1. The zero-order chi connectivity index (χ0) is 23.6. The maximum atomic E-state index is 13.3. The van der Waals surface area contributed by atoms with Crippen LogP contribution in [0.2, 0.25) is 0 Å². The van der Waals surface area contributed by atoms with Crippen molar-refractivity contribution in [1.29, 1.82) is 0 Å². The maximum absolute atomic E-state index is 13.3. The van der Waals surface area contributed by atoms with Crippen LogP contribution in [0.1, 0.15) is 27.9 Å². The fourth-order valence-electron chi connectivity index (χ4n) is 3.52. The molecule has 1 aromatic heterocycles. The van der Waals surface area contributed by atoms with Gasteiger partial charge in [0.05, 0.1) is 7.11 Å². The van der Waals surface area contributed by atoms with Crippen LogP contribution in [-0.4, -0.2) is 42.0 Å². The molecule has 33 heavy (non-hydrogen) atoms. The van der Waals surface area contributed by atoms with Crippen molar-refractivity contribution < 1.29 is 14.3 Å². The van der Waals surface area contributed by atoms with Gasteiger partial charge in [0.15, 0.2) is 0 Å². The first-order valence-corrected chi connectivity index (χ1v) is 12.1. The highest BCUT2D eigenvalue weighted by Gasteiger charge is 2.23. The summed E-state index contributed by atoms with van der Waals surface area (Å²) in [6.07, 6.45) is 6.03. The van der Waals surface area contributed by atoms with Crippen molar-refractivity contribution in [3.05, 3.63) is 83.7 Å². The third-order valence-electron chi connectivity index (χ3n) is 5.32. The molecular weight excluding hydrogens is 434 g/mol. The number of ether oxygens (including phenoxy) is 1. The van der Waals surface area contributed by atoms with Crippen LogP contribution >= 0.6 is 11.8 Å². The zero-order valence-corrected chi connectivity index (χ0v) is 19.9. The molecule has 0 radical (unpaired) electrons. The van der Waals surface area contributed by atoms with Gasteiger partial charge in [0, 0.05) is 30.2 Å². The summed E-state index contributed by atoms with van der Waals surface area (Å²) >= 11 is 1.62. The van der Waals surface area contributed by atoms with Crippen LogP contribution in [-0.2, 0) is 16.1 Å². The van der Waals surface area contributed by atoms with Gasteiger partial charge in [-0.1, -0.05) is 30.3 Å². The van der Waals surface area contributed by atoms with Crippen LogP contribution in [0.25, 0.3) is 11.1 Å². The molecule has 1 unspecified atom stereocenters. The van der Waals surface area contributed by atoms with E-state index >= 15 is 0 Å². The number of nitrogens with one attached hydrogen (secondary N) is 2. The SMILES string of the molecule is COC(=O)C(CCSC)NC(=O)c1ccc(NCc2cccnc2)cc1-c1ccccc1C. The topological polar surface area (TPSA) is 80.3 Å². The van der Waals surface area contributed by atoms with Gasteiger partial charge in [-0.25, -0.2) is 4.79 Å². The summed E-state index contributed by atoms with van der Waals surface area (Å²) in [5, 5.41) is 6.27. The lowest BCUT2D eigenvalue weighted by Crippen LogP contribution is -2.42. The number of pyridine rings is 1. The molecule has 1 atom stereocenters. The highest BCUT2D eigenvalue weighted by atomic mass is 32.2. The molecular formula is C26H29N3O3S. The summed E-state index contributed by atoms with van der Waals surface area (Å²) in [5.74, 6) is -0.00445. The zero-order valence-electron chi connectivity index (χ0n) is 19.1. The predicted molar refractivity (Wildman–Crippen MR) is 134 cm³/mol. The quantitative estimate of drug-likeness (QED) is 0.425. The van der Waals surface area contributed by atoms with Crippen LogP contribution in [0.3, 0.4) is 0 Å². The van der Waals surface area contributed by atoms with Gasteiger partial charge in [0.2, 0.25) is 0 Å². The number of hydrogen-bond acceptors (Lipinski definition) is 6. The molecule has 0 saturated heterocycles. The van der Waals surface area contributed by atoms with Gasteiger partial charge in [-0.3, -0.25) is 9.78 Å². The van der Waals surface area contributed by atoms with Gasteiger partial charge in [0.1, 0.15) is 6.04 Å². The fourth-order valence-corrected chi connectivity index (χ4v) is 3.99. The Morgan fingerprint density at radius 2 is 1.91 bits per heavy atom. The van der Waals surface area contributed by atoms with Crippen LogP contribution in [0.5, 0.6) is 0 Å². The molecule has 0 aliphatic heterocycles. The van der Waals surface area contributed by atoms with Crippen molar-refractivity contribution in [2.75, 3.05) is 24.4 Å². The Morgan fingerprint density at radius 3 is 2.61 bits per heavy atom. The van der Waals surface area contributed by atoms with E-state index in [1.54, 1.807) is 24.0 Å². The Hall–Kier alpha value is -3.32. The number of amides is 1. The van der Waals surface area contributed by atoms with Gasteiger partial charge < -0.3 is 15.4 Å². The van der Waals surface area contributed by atoms with Crippen molar-refractivity contribution in [1.82, 2.24) is 10.3 Å². The van der Waals surface area contributed by atoms with Crippen LogP contribution in [0.4, 0.5) is 5.69 Å². The number of esters is 1. The van der Waals surface area contributed by atoms with Crippen LogP contribution < -0.4 is 10.6 Å². The van der Waals surface area contributed by atoms with E-state index in [-0.39, 0.29) is 5.91 Å². The Bertz CT molecular complexity index is 1090. The number of aryl methyl sites for hydroxylation is 1. The molecule has 0 bridgehead atoms. The monoisotopic (exact) mass is 463 g/mol. The van der Waals surface area contributed by atoms with E-state index in [1.807, 2.05) is 67.9 Å². The Labute approximate surface area is 199 Å². The van der Waals surface area contributed by atoms with Gasteiger partial charge in [0.25, 0.3) is 5.91 Å². The summed E-state index contributed by atoms with van der Waals surface area (Å²) in [4.78, 5) is 29.6. The summed E-state index contributed by atoms with van der Waals surface area (Å²) in [6, 6.07) is 16.8. The largest absolute Gasteiger partial charge is 0.467 e. The molecule has 0 aliphatic carbocycles. The lowest BCUT2D eigenvalue weighted by atomic mass is 9.94. The highest BCUT2D eigenvalue weighted by molar-refractivity contribution is 7.98. The molecule has 3 aromatic rings. The molecule has 2 N–H and O–H groups in total. The van der Waals surface area contributed by atoms with Gasteiger partial charge in [-0.15, -0.1) is 0 Å². The van der Waals surface area contributed by atoms with E-state index in [1.165, 1.54) is 7.11 Å². The second-order valence-electron chi connectivity index (χ2n) is 7.62. The van der Waals surface area contributed by atoms with Crippen LogP contribution in [0, 0.1) is 6.92 Å². The molecule has 1 heterocycles. The molecule has 7 heteroatoms. The number of methoxy groups -OCH3 is 1. The standard InChI is InChI=1S/C26H29N3O3S/c1-18-7-4-5-9-21(18)23-15-20(28-17-19-8-6-13-27-16-19)10-11-22(23)25(30)29-24(12-14-33-3)26(31)32-2/h4-11,13,15-16,24,28H,12,14,17H2,1-3H3,(H,29,30). The Morgan fingerprint density at radius 1 is 1.09 bits per heavy atom. The maximum Gasteiger partial charge on any atom is 0.328 e. The number of hydrogen-bond donors (Lipinski definition) is 2. The lowest BCUT2D eigenvalue weighted by Gasteiger charge is -2.19. The molecule has 3 rings (SSSR count). The molecule has 6 nitrogen and oxygen atoms in total. The summed E-state index contributed by atoms with van der Waals surface area (Å²) in [6.45, 7) is 2.63. The van der Waals surface area contributed by atoms with Crippen molar-refractivity contribution in [3.63, 3.8) is 0 Å². The van der Waals surface area contributed by atoms with Crippen molar-refractivity contribution >= 4 is 29.3 Å². The van der Waals surface area contributed by atoms with E-state index in [4.69, 9.17) is 4.74 Å². The Balaban J connectivity index is 1.91. The second-order valence-corrected chi connectivity index (χ2v) is 8.61. The van der Waals surface area contributed by atoms with E-state index in [2.05, 4.69) is 15.6 Å². The highest BCUT2D eigenvalue weighted by Crippen LogP contribution is 2.30. The average Bonchev–Trinajstić information content (AvgIpc) is 2.85. The molecule has 1 amide bonds. The van der Waals surface area contributed by atoms with Crippen molar-refractivity contribution in [2.24, 2.45) is 0 Å². The van der Waals surface area contributed by atoms with Crippen molar-refractivity contribution in [2.45, 2.75) is 25.9 Å². The number of benzene rings is 2. The number of aromatic nitrogens is 1. The molecule has 0 saturated carbocycles. The normalized spacial score (nSPS) is 11.5. The van der Waals surface area contributed by atoms with E-state index in [9.17, 15) is 9.59 Å². The number of carbonyl (C=O) groups excluding carboxylic acids is 2. The van der Waals surface area contributed by atoms with E-state index in [0.29, 0.717) is 18.5 Å². The minimum atomic E-state index is -0.692. The smallest absolute Gasteiger partial charge is 0.328 e. The van der Waals surface area contributed by atoms with Crippen molar-refractivity contribution in [3.8, 4) is 11.1 Å². The average molecular weight is 464 g/mol. The number of carbonyl (C=O) groups is 2. The van der Waals surface area contributed by atoms with E-state index < -0.39 is 12.0 Å². The van der Waals surface area contributed by atoms with Gasteiger partial charge in [-0.2, -0.15) is 11.8 Å². The molecule has 172 valence electrons. The lowest BCUT2D eigenvalue weighted by molar-refractivity contribution is -0.142. The predicted octanol–water partition coefficient (Wildman–Crippen LogP) is 4.69. The number of rotatable bonds is 10. The third kappa shape index (κ3) is 6.58. The summed E-state index contributed by atoms with van der Waals surface area (Å²) < 4.78 is 4.90. The number of anilines is 1. The molecule has 0 aliphatic rings. The first-order chi connectivity index (χ1) is 16.0. The van der Waals surface area contributed by atoms with Crippen LogP contribution in [0.15, 0.2) is 67.0 Å². The first-order valence-electron chi connectivity index (χ1n) is 10.7.